The van der Waals surface area contributed by atoms with Gasteiger partial charge in [-0.3, -0.25) is 14.9 Å². The Morgan fingerprint density at radius 2 is 1.77 bits per heavy atom. The number of benzene rings is 2. The van der Waals surface area contributed by atoms with Gasteiger partial charge in [0.15, 0.2) is 0 Å². The van der Waals surface area contributed by atoms with E-state index in [0.29, 0.717) is 34.2 Å². The Hall–Kier alpha value is -3.75. The van der Waals surface area contributed by atoms with Gasteiger partial charge in [-0.05, 0) is 37.1 Å². The van der Waals surface area contributed by atoms with E-state index >= 15 is 0 Å². The van der Waals surface area contributed by atoms with Gasteiger partial charge in [-0.15, -0.1) is 0 Å². The largest absolute Gasteiger partial charge is 0.464 e. The Morgan fingerprint density at radius 3 is 2.40 bits per heavy atom. The summed E-state index contributed by atoms with van der Waals surface area (Å²) < 4.78 is 6.98. The van der Waals surface area contributed by atoms with E-state index in [1.165, 1.54) is 19.1 Å². The van der Waals surface area contributed by atoms with E-state index in [1.807, 2.05) is 6.92 Å². The zero-order chi connectivity index (χ0) is 21.8. The van der Waals surface area contributed by atoms with Crippen LogP contribution < -0.4 is 0 Å². The van der Waals surface area contributed by atoms with Crippen LogP contribution >= 0.6 is 0 Å². The SMILES string of the molecule is CCCOC(=O)Cn1c2ccc(/C(C)=N/OC(C)=O)cc2c2cc([N+](=O)[O-])ccc21. The maximum atomic E-state index is 12.2. The molecule has 0 saturated heterocycles. The number of nitro benzene ring substituents is 1. The summed E-state index contributed by atoms with van der Waals surface area (Å²) in [7, 11) is 0. The van der Waals surface area contributed by atoms with Gasteiger partial charge < -0.3 is 14.1 Å². The highest BCUT2D eigenvalue weighted by molar-refractivity contribution is 6.12. The fourth-order valence-corrected chi connectivity index (χ4v) is 3.18. The molecule has 0 unspecified atom stereocenters. The highest BCUT2D eigenvalue weighted by Gasteiger charge is 2.18. The highest BCUT2D eigenvalue weighted by atomic mass is 16.7. The van der Waals surface area contributed by atoms with Crippen molar-refractivity contribution < 1.29 is 24.1 Å². The fraction of sp³-hybridized carbons (Fsp3) is 0.286. The molecular formula is C21H21N3O6. The second kappa shape index (κ2) is 8.73. The molecule has 0 atom stereocenters. The van der Waals surface area contributed by atoms with Crippen LogP contribution in [0.2, 0.25) is 0 Å². The van der Waals surface area contributed by atoms with E-state index in [1.54, 1.807) is 35.8 Å². The first-order chi connectivity index (χ1) is 14.3. The molecule has 0 N–H and O–H groups in total. The normalized spacial score (nSPS) is 11.6. The molecule has 1 aromatic heterocycles. The van der Waals surface area contributed by atoms with Gasteiger partial charge in [0.1, 0.15) is 6.54 Å². The van der Waals surface area contributed by atoms with Gasteiger partial charge in [0.25, 0.3) is 5.69 Å². The zero-order valence-corrected chi connectivity index (χ0v) is 16.9. The lowest BCUT2D eigenvalue weighted by molar-refractivity contribution is -0.384. The molecule has 0 aliphatic rings. The van der Waals surface area contributed by atoms with Crippen LogP contribution in [0.5, 0.6) is 0 Å². The molecule has 1 heterocycles. The smallest absolute Gasteiger partial charge is 0.331 e. The van der Waals surface area contributed by atoms with Crippen LogP contribution in [0.3, 0.4) is 0 Å². The number of non-ortho nitro benzene ring substituents is 1. The van der Waals surface area contributed by atoms with Gasteiger partial charge in [-0.1, -0.05) is 18.1 Å². The van der Waals surface area contributed by atoms with E-state index in [4.69, 9.17) is 9.57 Å². The third-order valence-corrected chi connectivity index (χ3v) is 4.54. The van der Waals surface area contributed by atoms with Crippen molar-refractivity contribution in [1.29, 1.82) is 0 Å². The van der Waals surface area contributed by atoms with Crippen molar-refractivity contribution in [3.05, 3.63) is 52.1 Å². The Bertz CT molecular complexity index is 1180. The Labute approximate surface area is 172 Å². The average Bonchev–Trinajstić information content (AvgIpc) is 3.02. The molecule has 30 heavy (non-hydrogen) atoms. The molecule has 0 spiro atoms. The van der Waals surface area contributed by atoms with Crippen LogP contribution in [-0.4, -0.2) is 33.7 Å². The van der Waals surface area contributed by atoms with Crippen LogP contribution in [0.4, 0.5) is 5.69 Å². The van der Waals surface area contributed by atoms with Crippen molar-refractivity contribution in [2.45, 2.75) is 33.7 Å². The minimum absolute atomic E-state index is 0.0162. The molecule has 0 radical (unpaired) electrons. The van der Waals surface area contributed by atoms with Gasteiger partial charge in [0, 0.05) is 35.3 Å². The van der Waals surface area contributed by atoms with Gasteiger partial charge >= 0.3 is 11.9 Å². The predicted molar refractivity (Wildman–Crippen MR) is 111 cm³/mol. The number of esters is 1. The number of nitro groups is 1. The summed E-state index contributed by atoms with van der Waals surface area (Å²) in [5, 5.41) is 16.4. The number of nitrogens with zero attached hydrogens (tertiary/aromatic N) is 3. The van der Waals surface area contributed by atoms with Gasteiger partial charge in [-0.2, -0.15) is 0 Å². The summed E-state index contributed by atoms with van der Waals surface area (Å²) in [4.78, 5) is 38.7. The summed E-state index contributed by atoms with van der Waals surface area (Å²) in [5.41, 5.74) is 2.51. The molecule has 9 heteroatoms. The first-order valence-corrected chi connectivity index (χ1v) is 9.40. The number of hydrogen-bond donors (Lipinski definition) is 0. The fourth-order valence-electron chi connectivity index (χ4n) is 3.18. The van der Waals surface area contributed by atoms with Crippen LogP contribution in [0, 0.1) is 10.1 Å². The number of fused-ring (bicyclic) bond motifs is 3. The van der Waals surface area contributed by atoms with Crippen molar-refractivity contribution in [2.24, 2.45) is 5.16 Å². The summed E-state index contributed by atoms with van der Waals surface area (Å²) >= 11 is 0. The summed E-state index contributed by atoms with van der Waals surface area (Å²) in [5.74, 6) is -0.918. The summed E-state index contributed by atoms with van der Waals surface area (Å²) in [6, 6.07) is 9.90. The molecule has 9 nitrogen and oxygen atoms in total. The standard InChI is InChI=1S/C21H21N3O6/c1-4-9-29-21(26)12-23-19-7-5-15(13(2)22-30-14(3)25)10-17(19)18-11-16(24(27)28)6-8-20(18)23/h5-8,10-11H,4,9,12H2,1-3H3/b22-13+. The summed E-state index contributed by atoms with van der Waals surface area (Å²) in [6.45, 7) is 5.17. The number of carbonyl (C=O) groups excluding carboxylic acids is 2. The van der Waals surface area contributed by atoms with E-state index in [9.17, 15) is 19.7 Å². The van der Waals surface area contributed by atoms with Crippen molar-refractivity contribution in [2.75, 3.05) is 6.61 Å². The second-order valence-corrected chi connectivity index (χ2v) is 6.76. The molecule has 3 aromatic rings. The minimum Gasteiger partial charge on any atom is -0.464 e. The molecule has 0 fully saturated rings. The number of oxime groups is 1. The quantitative estimate of drug-likeness (QED) is 0.191. The molecule has 3 rings (SSSR count). The third kappa shape index (κ3) is 4.29. The molecule has 0 amide bonds. The monoisotopic (exact) mass is 411 g/mol. The van der Waals surface area contributed by atoms with E-state index in [-0.39, 0.29) is 18.2 Å². The molecule has 156 valence electrons. The van der Waals surface area contributed by atoms with Crippen LogP contribution in [0.25, 0.3) is 21.8 Å². The number of rotatable bonds is 7. The lowest BCUT2D eigenvalue weighted by atomic mass is 10.1. The van der Waals surface area contributed by atoms with Gasteiger partial charge in [-0.25, -0.2) is 4.79 Å². The lowest BCUT2D eigenvalue weighted by Crippen LogP contribution is -2.13. The van der Waals surface area contributed by atoms with Crippen molar-refractivity contribution in [3.63, 3.8) is 0 Å². The van der Waals surface area contributed by atoms with E-state index in [0.717, 1.165) is 11.9 Å². The number of ether oxygens (including phenoxy) is 1. The van der Waals surface area contributed by atoms with Crippen molar-refractivity contribution in [3.8, 4) is 0 Å². The number of aromatic nitrogens is 1. The van der Waals surface area contributed by atoms with E-state index < -0.39 is 10.9 Å². The van der Waals surface area contributed by atoms with Gasteiger partial charge in [0.2, 0.25) is 0 Å². The second-order valence-electron chi connectivity index (χ2n) is 6.76. The summed E-state index contributed by atoms with van der Waals surface area (Å²) in [6.07, 6.45) is 0.718. The van der Waals surface area contributed by atoms with Crippen LogP contribution in [-0.2, 0) is 25.7 Å². The van der Waals surface area contributed by atoms with Crippen LogP contribution in [0.1, 0.15) is 32.8 Å². The molecule has 0 bridgehead atoms. The van der Waals surface area contributed by atoms with Crippen LogP contribution in [0.15, 0.2) is 41.6 Å². The topological polar surface area (TPSA) is 113 Å². The minimum atomic E-state index is -0.534. The first-order valence-electron chi connectivity index (χ1n) is 9.40. The molecular weight excluding hydrogens is 390 g/mol. The van der Waals surface area contributed by atoms with Crippen molar-refractivity contribution >= 4 is 45.1 Å². The molecule has 0 aliphatic carbocycles. The average molecular weight is 411 g/mol. The Balaban J connectivity index is 2.17. The number of hydrogen-bond acceptors (Lipinski definition) is 7. The van der Waals surface area contributed by atoms with Crippen molar-refractivity contribution in [1.82, 2.24) is 4.57 Å². The maximum Gasteiger partial charge on any atom is 0.331 e. The zero-order valence-electron chi connectivity index (χ0n) is 16.9. The molecule has 2 aromatic carbocycles. The highest BCUT2D eigenvalue weighted by Crippen LogP contribution is 2.32. The molecule has 0 aliphatic heterocycles. The Kier molecular flexibility index (Phi) is 6.10. The first kappa shape index (κ1) is 21.0. The van der Waals surface area contributed by atoms with Gasteiger partial charge in [0.05, 0.1) is 22.8 Å². The predicted octanol–water partition coefficient (Wildman–Crippen LogP) is 3.94. The number of carbonyl (C=O) groups is 2. The van der Waals surface area contributed by atoms with E-state index in [2.05, 4.69) is 5.16 Å². The third-order valence-electron chi connectivity index (χ3n) is 4.54. The lowest BCUT2D eigenvalue weighted by Gasteiger charge is -2.08. The molecule has 0 saturated carbocycles. The Morgan fingerprint density at radius 1 is 1.10 bits per heavy atom. The maximum absolute atomic E-state index is 12.2.